The molecule has 0 aliphatic rings. The highest BCUT2D eigenvalue weighted by molar-refractivity contribution is 7.80. The molecule has 22 heavy (non-hydrogen) atoms. The highest BCUT2D eigenvalue weighted by atomic mass is 32.1. The van der Waals surface area contributed by atoms with E-state index in [0.29, 0.717) is 5.69 Å². The van der Waals surface area contributed by atoms with Gasteiger partial charge < -0.3 is 10.1 Å². The van der Waals surface area contributed by atoms with E-state index in [-0.39, 0.29) is 17.4 Å². The lowest BCUT2D eigenvalue weighted by Crippen LogP contribution is -2.32. The molecule has 0 fully saturated rings. The van der Waals surface area contributed by atoms with Crippen LogP contribution in [0.25, 0.3) is 0 Å². The molecule has 2 N–H and O–H groups in total. The number of hydrogen-bond acceptors (Lipinski definition) is 6. The van der Waals surface area contributed by atoms with Gasteiger partial charge in [-0.15, -0.1) is 0 Å². The van der Waals surface area contributed by atoms with Crippen LogP contribution in [-0.2, 0) is 14.3 Å². The number of thiocarbonyl (C=S) groups is 1. The number of ether oxygens (including phenoxy) is 1. The zero-order chi connectivity index (χ0) is 16.5. The standard InChI is InChI=1S/C13H13N3O5S/c1-2-21-12(18)8-7-11(17)15-13(22)14-9-3-5-10(6-4-9)16(19)20/h3-8H,2H2,1H3,(H2,14,15,17,22). The van der Waals surface area contributed by atoms with Crippen LogP contribution in [0.1, 0.15) is 6.92 Å². The van der Waals surface area contributed by atoms with Crippen LogP contribution in [0.2, 0.25) is 0 Å². The van der Waals surface area contributed by atoms with Crippen molar-refractivity contribution in [2.75, 3.05) is 11.9 Å². The van der Waals surface area contributed by atoms with E-state index in [2.05, 4.69) is 15.4 Å². The molecular weight excluding hydrogens is 310 g/mol. The Morgan fingerprint density at radius 2 is 1.95 bits per heavy atom. The minimum absolute atomic E-state index is 0.00707. The van der Waals surface area contributed by atoms with Crippen molar-refractivity contribution in [3.8, 4) is 0 Å². The van der Waals surface area contributed by atoms with E-state index in [0.717, 1.165) is 12.2 Å². The van der Waals surface area contributed by atoms with Gasteiger partial charge in [0, 0.05) is 30.0 Å². The maximum Gasteiger partial charge on any atom is 0.330 e. The predicted molar refractivity (Wildman–Crippen MR) is 83.2 cm³/mol. The molecule has 0 bridgehead atoms. The van der Waals surface area contributed by atoms with Crippen LogP contribution in [0.3, 0.4) is 0 Å². The van der Waals surface area contributed by atoms with Crippen LogP contribution < -0.4 is 10.6 Å². The Balaban J connectivity index is 2.50. The summed E-state index contributed by atoms with van der Waals surface area (Å²) in [5, 5.41) is 15.5. The average molecular weight is 323 g/mol. The molecule has 0 saturated heterocycles. The number of hydrogen-bond donors (Lipinski definition) is 2. The number of nitro benzene ring substituents is 1. The SMILES string of the molecule is CCOC(=O)C=CC(=O)NC(=S)Nc1ccc([N+](=O)[O-])cc1. The summed E-state index contributed by atoms with van der Waals surface area (Å²) in [5.74, 6) is -1.24. The molecule has 1 aromatic carbocycles. The molecule has 0 aromatic heterocycles. The molecule has 9 heteroatoms. The second-order valence-electron chi connectivity index (χ2n) is 3.83. The van der Waals surface area contributed by atoms with Crippen LogP contribution in [-0.4, -0.2) is 28.5 Å². The van der Waals surface area contributed by atoms with Gasteiger partial charge in [-0.05, 0) is 31.3 Å². The fourth-order valence-corrected chi connectivity index (χ4v) is 1.53. The molecule has 0 heterocycles. The smallest absolute Gasteiger partial charge is 0.330 e. The van der Waals surface area contributed by atoms with Gasteiger partial charge in [0.15, 0.2) is 5.11 Å². The topological polar surface area (TPSA) is 111 Å². The van der Waals surface area contributed by atoms with Crippen LogP contribution >= 0.6 is 12.2 Å². The van der Waals surface area contributed by atoms with Gasteiger partial charge >= 0.3 is 5.97 Å². The minimum Gasteiger partial charge on any atom is -0.463 e. The number of nitro groups is 1. The van der Waals surface area contributed by atoms with Crippen LogP contribution in [0.5, 0.6) is 0 Å². The van der Waals surface area contributed by atoms with Crippen molar-refractivity contribution in [3.05, 3.63) is 46.5 Å². The summed E-state index contributed by atoms with van der Waals surface area (Å²) in [6, 6.07) is 5.50. The van der Waals surface area contributed by atoms with Crippen molar-refractivity contribution in [2.24, 2.45) is 0 Å². The molecular formula is C13H13N3O5S. The average Bonchev–Trinajstić information content (AvgIpc) is 2.46. The molecule has 0 aliphatic heterocycles. The summed E-state index contributed by atoms with van der Waals surface area (Å²) < 4.78 is 4.61. The molecule has 8 nitrogen and oxygen atoms in total. The Morgan fingerprint density at radius 3 is 2.50 bits per heavy atom. The van der Waals surface area contributed by atoms with Crippen molar-refractivity contribution in [1.29, 1.82) is 0 Å². The maximum absolute atomic E-state index is 11.5. The van der Waals surface area contributed by atoms with Crippen molar-refractivity contribution < 1.29 is 19.2 Å². The minimum atomic E-state index is -0.633. The highest BCUT2D eigenvalue weighted by Crippen LogP contribution is 2.15. The van der Waals surface area contributed by atoms with E-state index in [1.54, 1.807) is 6.92 Å². The maximum atomic E-state index is 11.5. The van der Waals surface area contributed by atoms with Crippen LogP contribution in [0.4, 0.5) is 11.4 Å². The Morgan fingerprint density at radius 1 is 1.32 bits per heavy atom. The van der Waals surface area contributed by atoms with E-state index >= 15 is 0 Å². The molecule has 116 valence electrons. The summed E-state index contributed by atoms with van der Waals surface area (Å²) in [6.45, 7) is 1.86. The first-order valence-electron chi connectivity index (χ1n) is 6.13. The predicted octanol–water partition coefficient (Wildman–Crippen LogP) is 1.53. The molecule has 1 aromatic rings. The summed E-state index contributed by atoms with van der Waals surface area (Å²) in [4.78, 5) is 32.5. The molecule has 0 unspecified atom stereocenters. The highest BCUT2D eigenvalue weighted by Gasteiger charge is 2.06. The number of nitrogens with one attached hydrogen (secondary N) is 2. The monoisotopic (exact) mass is 323 g/mol. The van der Waals surface area contributed by atoms with Gasteiger partial charge in [0.05, 0.1) is 11.5 Å². The van der Waals surface area contributed by atoms with Crippen molar-refractivity contribution in [3.63, 3.8) is 0 Å². The Labute approximate surface area is 131 Å². The molecule has 1 rings (SSSR count). The summed E-state index contributed by atoms with van der Waals surface area (Å²) in [7, 11) is 0. The number of benzene rings is 1. The van der Waals surface area contributed by atoms with E-state index in [9.17, 15) is 19.7 Å². The van der Waals surface area contributed by atoms with E-state index in [1.165, 1.54) is 24.3 Å². The van der Waals surface area contributed by atoms with Gasteiger partial charge in [-0.25, -0.2) is 4.79 Å². The molecule has 0 atom stereocenters. The largest absolute Gasteiger partial charge is 0.463 e. The number of nitrogens with zero attached hydrogens (tertiary/aromatic N) is 1. The summed E-state index contributed by atoms with van der Waals surface area (Å²) in [6.07, 6.45) is 1.97. The van der Waals surface area contributed by atoms with Gasteiger partial charge in [-0.1, -0.05) is 0 Å². The second-order valence-corrected chi connectivity index (χ2v) is 4.24. The molecule has 0 spiro atoms. The van der Waals surface area contributed by atoms with Gasteiger partial charge in [-0.2, -0.15) is 0 Å². The molecule has 1 amide bonds. The Kier molecular flexibility index (Phi) is 6.64. The molecule has 0 radical (unpaired) electrons. The third-order valence-electron chi connectivity index (χ3n) is 2.23. The Bertz CT molecular complexity index is 613. The van der Waals surface area contributed by atoms with Crippen molar-refractivity contribution >= 4 is 40.6 Å². The van der Waals surface area contributed by atoms with Crippen molar-refractivity contribution in [1.82, 2.24) is 5.32 Å². The third kappa shape index (κ3) is 6.09. The lowest BCUT2D eigenvalue weighted by Gasteiger charge is -2.07. The number of amides is 1. The van der Waals surface area contributed by atoms with Gasteiger partial charge in [0.2, 0.25) is 5.91 Å². The normalized spacial score (nSPS) is 10.0. The van der Waals surface area contributed by atoms with E-state index in [4.69, 9.17) is 12.2 Å². The van der Waals surface area contributed by atoms with Gasteiger partial charge in [0.1, 0.15) is 0 Å². The number of non-ortho nitro benzene ring substituents is 1. The first-order chi connectivity index (χ1) is 10.4. The fourth-order valence-electron chi connectivity index (χ4n) is 1.32. The van der Waals surface area contributed by atoms with Gasteiger partial charge in [0.25, 0.3) is 5.69 Å². The van der Waals surface area contributed by atoms with E-state index < -0.39 is 16.8 Å². The first kappa shape index (κ1) is 17.2. The van der Waals surface area contributed by atoms with E-state index in [1.807, 2.05) is 0 Å². The zero-order valence-electron chi connectivity index (χ0n) is 11.6. The number of anilines is 1. The number of rotatable bonds is 5. The Hall–Kier alpha value is -2.81. The number of esters is 1. The third-order valence-corrected chi connectivity index (χ3v) is 2.43. The molecule has 0 saturated carbocycles. The summed E-state index contributed by atoms with van der Waals surface area (Å²) in [5.41, 5.74) is 0.420. The van der Waals surface area contributed by atoms with Gasteiger partial charge in [-0.3, -0.25) is 20.2 Å². The second kappa shape index (κ2) is 8.47. The van der Waals surface area contributed by atoms with Crippen molar-refractivity contribution in [2.45, 2.75) is 6.92 Å². The number of carbonyl (C=O) groups is 2. The zero-order valence-corrected chi connectivity index (χ0v) is 12.4. The lowest BCUT2D eigenvalue weighted by molar-refractivity contribution is -0.384. The lowest BCUT2D eigenvalue weighted by atomic mass is 10.3. The van der Waals surface area contributed by atoms with Crippen LogP contribution in [0.15, 0.2) is 36.4 Å². The summed E-state index contributed by atoms with van der Waals surface area (Å²) >= 11 is 4.90. The quantitative estimate of drug-likeness (QED) is 0.278. The molecule has 0 aliphatic carbocycles. The number of carbonyl (C=O) groups excluding carboxylic acids is 2. The fraction of sp³-hybridized carbons (Fsp3) is 0.154. The van der Waals surface area contributed by atoms with Crippen LogP contribution in [0, 0.1) is 10.1 Å². The first-order valence-corrected chi connectivity index (χ1v) is 6.54.